The summed E-state index contributed by atoms with van der Waals surface area (Å²) < 4.78 is 5.93. The zero-order valence-corrected chi connectivity index (χ0v) is 21.2. The van der Waals surface area contributed by atoms with Crippen molar-refractivity contribution in [1.82, 2.24) is 0 Å². The topological polar surface area (TPSA) is 43.4 Å². The molecule has 2 fully saturated rings. The Balaban J connectivity index is 1.35. The van der Waals surface area contributed by atoms with Crippen molar-refractivity contribution in [3.63, 3.8) is 0 Å². The van der Waals surface area contributed by atoms with Crippen molar-refractivity contribution in [3.8, 4) is 5.75 Å². The van der Waals surface area contributed by atoms with Crippen LogP contribution in [0.15, 0.2) is 24.3 Å². The van der Waals surface area contributed by atoms with Crippen LogP contribution in [0.4, 0.5) is 0 Å². The van der Waals surface area contributed by atoms with E-state index in [9.17, 15) is 9.59 Å². The van der Waals surface area contributed by atoms with Gasteiger partial charge >= 0.3 is 0 Å². The van der Waals surface area contributed by atoms with Crippen LogP contribution >= 0.6 is 0 Å². The highest BCUT2D eigenvalue weighted by molar-refractivity contribution is 6.02. The molecule has 2 aliphatic rings. The molecular weight excluding hydrogens is 408 g/mol. The fourth-order valence-electron chi connectivity index (χ4n) is 5.82. The number of unbranched alkanes of at least 4 members (excludes halogenated alkanes) is 5. The third-order valence-corrected chi connectivity index (χ3v) is 8.16. The summed E-state index contributed by atoms with van der Waals surface area (Å²) in [5.41, 5.74) is 1.40. The molecule has 3 heteroatoms. The van der Waals surface area contributed by atoms with E-state index in [2.05, 4.69) is 38.1 Å². The van der Waals surface area contributed by atoms with Crippen LogP contribution in [-0.4, -0.2) is 18.2 Å². The monoisotopic (exact) mass is 454 g/mol. The third-order valence-electron chi connectivity index (χ3n) is 8.16. The lowest BCUT2D eigenvalue weighted by Crippen LogP contribution is -2.32. The Morgan fingerprint density at radius 3 is 2.18 bits per heavy atom. The number of ketones is 2. The second-order valence-electron chi connectivity index (χ2n) is 10.6. The molecule has 0 N–H and O–H groups in total. The number of carbonyl (C=O) groups is 2. The summed E-state index contributed by atoms with van der Waals surface area (Å²) >= 11 is 0. The Labute approximate surface area is 202 Å². The highest BCUT2D eigenvalue weighted by atomic mass is 16.5. The molecular formula is C30H46O3. The van der Waals surface area contributed by atoms with Crippen LogP contribution in [-0.2, 0) is 9.59 Å². The molecule has 33 heavy (non-hydrogen) atoms. The van der Waals surface area contributed by atoms with Crippen LogP contribution in [0, 0.1) is 17.8 Å². The highest BCUT2D eigenvalue weighted by Crippen LogP contribution is 2.39. The Morgan fingerprint density at radius 1 is 0.848 bits per heavy atom. The lowest BCUT2D eigenvalue weighted by molar-refractivity contribution is -0.136. The van der Waals surface area contributed by atoms with Gasteiger partial charge in [0.05, 0.1) is 12.5 Å². The first-order chi connectivity index (χ1) is 16.1. The first-order valence-corrected chi connectivity index (χ1v) is 13.9. The summed E-state index contributed by atoms with van der Waals surface area (Å²) in [6, 6.07) is 8.72. The molecule has 2 unspecified atom stereocenters. The maximum absolute atomic E-state index is 12.8. The summed E-state index contributed by atoms with van der Waals surface area (Å²) in [4.78, 5) is 25.2. The van der Waals surface area contributed by atoms with Crippen molar-refractivity contribution in [2.45, 2.75) is 116 Å². The van der Waals surface area contributed by atoms with Gasteiger partial charge in [0.1, 0.15) is 17.3 Å². The molecule has 0 radical (unpaired) electrons. The van der Waals surface area contributed by atoms with E-state index < -0.39 is 0 Å². The Kier molecular flexibility index (Phi) is 11.0. The summed E-state index contributed by atoms with van der Waals surface area (Å²) in [7, 11) is 0. The van der Waals surface area contributed by atoms with Crippen molar-refractivity contribution in [3.05, 3.63) is 29.8 Å². The maximum Gasteiger partial charge on any atom is 0.143 e. The average molecular weight is 455 g/mol. The number of ether oxygens (including phenoxy) is 1. The standard InChI is InChI=1S/C30H46O3/c1-3-5-6-7-8-9-20-33-27-17-15-26(16-18-27)25-13-10-24(11-14-25)22-30(32)28-19-12-23(4-2)21-29(28)31/h15-18,23-25,28H,3-14,19-22H2,1-2H3. The molecule has 1 aromatic rings. The molecule has 0 amide bonds. The summed E-state index contributed by atoms with van der Waals surface area (Å²) in [5, 5.41) is 0. The zero-order chi connectivity index (χ0) is 23.5. The van der Waals surface area contributed by atoms with Crippen LogP contribution in [0.1, 0.15) is 122 Å². The summed E-state index contributed by atoms with van der Waals surface area (Å²) in [6.07, 6.45) is 16.3. The predicted octanol–water partition coefficient (Wildman–Crippen LogP) is 8.05. The minimum Gasteiger partial charge on any atom is -0.494 e. The van der Waals surface area contributed by atoms with E-state index in [4.69, 9.17) is 4.74 Å². The number of benzene rings is 1. The molecule has 2 atom stereocenters. The largest absolute Gasteiger partial charge is 0.494 e. The van der Waals surface area contributed by atoms with E-state index in [0.29, 0.717) is 30.6 Å². The van der Waals surface area contributed by atoms with Gasteiger partial charge in [-0.05, 0) is 80.4 Å². The number of carbonyl (C=O) groups excluding carboxylic acids is 2. The number of rotatable bonds is 13. The molecule has 0 aliphatic heterocycles. The van der Waals surface area contributed by atoms with Crippen LogP contribution < -0.4 is 4.74 Å². The molecule has 3 rings (SSSR count). The van der Waals surface area contributed by atoms with Gasteiger partial charge in [0.2, 0.25) is 0 Å². The van der Waals surface area contributed by atoms with Gasteiger partial charge in [0, 0.05) is 12.8 Å². The molecule has 3 nitrogen and oxygen atoms in total. The maximum atomic E-state index is 12.8. The van der Waals surface area contributed by atoms with Gasteiger partial charge in [-0.2, -0.15) is 0 Å². The fraction of sp³-hybridized carbons (Fsp3) is 0.733. The number of hydrogen-bond acceptors (Lipinski definition) is 3. The van der Waals surface area contributed by atoms with Crippen LogP contribution in [0.2, 0.25) is 0 Å². The van der Waals surface area contributed by atoms with Gasteiger partial charge in [0.15, 0.2) is 0 Å². The number of hydrogen-bond donors (Lipinski definition) is 0. The Bertz CT molecular complexity index is 715. The minimum atomic E-state index is -0.297. The van der Waals surface area contributed by atoms with E-state index >= 15 is 0 Å². The quantitative estimate of drug-likeness (QED) is 0.224. The fourth-order valence-corrected chi connectivity index (χ4v) is 5.82. The van der Waals surface area contributed by atoms with Crippen molar-refractivity contribution in [2.75, 3.05) is 6.61 Å². The van der Waals surface area contributed by atoms with Crippen LogP contribution in [0.3, 0.4) is 0 Å². The first-order valence-electron chi connectivity index (χ1n) is 13.9. The predicted molar refractivity (Wildman–Crippen MR) is 136 cm³/mol. The molecule has 0 heterocycles. The number of Topliss-reactive ketones (excluding diaryl/α,β-unsaturated/α-hetero) is 2. The van der Waals surface area contributed by atoms with Gasteiger partial charge in [-0.15, -0.1) is 0 Å². The average Bonchev–Trinajstić information content (AvgIpc) is 2.84. The normalized spacial score (nSPS) is 25.7. The highest BCUT2D eigenvalue weighted by Gasteiger charge is 2.34. The second kappa shape index (κ2) is 13.9. The van der Waals surface area contributed by atoms with E-state index in [1.807, 2.05) is 0 Å². The third kappa shape index (κ3) is 8.26. The smallest absolute Gasteiger partial charge is 0.143 e. The summed E-state index contributed by atoms with van der Waals surface area (Å²) in [6.45, 7) is 5.21. The van der Waals surface area contributed by atoms with E-state index in [1.165, 1.54) is 37.7 Å². The van der Waals surface area contributed by atoms with E-state index in [-0.39, 0.29) is 17.5 Å². The zero-order valence-electron chi connectivity index (χ0n) is 21.2. The molecule has 0 aromatic heterocycles. The first kappa shape index (κ1) is 26.0. The molecule has 1 aromatic carbocycles. The van der Waals surface area contributed by atoms with Crippen LogP contribution in [0.25, 0.3) is 0 Å². The van der Waals surface area contributed by atoms with Crippen molar-refractivity contribution < 1.29 is 14.3 Å². The Hall–Kier alpha value is -1.64. The summed E-state index contributed by atoms with van der Waals surface area (Å²) in [5.74, 6) is 2.68. The minimum absolute atomic E-state index is 0.214. The molecule has 0 saturated heterocycles. The SMILES string of the molecule is CCCCCCCCOc1ccc(C2CCC(CC(=O)C3CCC(CC)CC3=O)CC2)cc1. The molecule has 0 spiro atoms. The molecule has 184 valence electrons. The van der Waals surface area contributed by atoms with Gasteiger partial charge in [-0.3, -0.25) is 9.59 Å². The van der Waals surface area contributed by atoms with E-state index in [0.717, 1.165) is 63.7 Å². The molecule has 0 bridgehead atoms. The second-order valence-corrected chi connectivity index (χ2v) is 10.6. The van der Waals surface area contributed by atoms with Crippen LogP contribution in [0.5, 0.6) is 5.75 Å². The molecule has 2 aliphatic carbocycles. The van der Waals surface area contributed by atoms with Crippen molar-refractivity contribution in [1.29, 1.82) is 0 Å². The van der Waals surface area contributed by atoms with Gasteiger partial charge in [-0.25, -0.2) is 0 Å². The van der Waals surface area contributed by atoms with Gasteiger partial charge < -0.3 is 4.74 Å². The van der Waals surface area contributed by atoms with Gasteiger partial charge in [0.25, 0.3) is 0 Å². The lowest BCUT2D eigenvalue weighted by atomic mass is 9.73. The van der Waals surface area contributed by atoms with Gasteiger partial charge in [-0.1, -0.05) is 64.5 Å². The van der Waals surface area contributed by atoms with Crippen molar-refractivity contribution >= 4 is 11.6 Å². The molecule has 2 saturated carbocycles. The van der Waals surface area contributed by atoms with E-state index in [1.54, 1.807) is 0 Å². The van der Waals surface area contributed by atoms with Crippen molar-refractivity contribution in [2.24, 2.45) is 17.8 Å². The Morgan fingerprint density at radius 2 is 1.52 bits per heavy atom. The lowest BCUT2D eigenvalue weighted by Gasteiger charge is -2.30.